The zero-order chi connectivity index (χ0) is 22.7. The smallest absolute Gasteiger partial charge is 0.156 e. The molecule has 0 heterocycles. The van der Waals surface area contributed by atoms with Gasteiger partial charge in [-0.15, -0.1) is 5.92 Å². The van der Waals surface area contributed by atoms with Gasteiger partial charge in [-0.1, -0.05) is 30.6 Å². The standard InChI is InChI=1S/C29H35NO2/c1-5-15-29(32)16-14-26-24-12-8-20-17-22(31)11-13-23(20)27(24)25(18-28(26,29)2)19-6-9-21(10-7-19)30(3)4/h6-7,9-10,17,24-26,32H,8,11-14,16,18H2,1-4H3/t24-,25+,26-,28-,29-/m1/s1. The first-order valence-corrected chi connectivity index (χ1v) is 12.2. The van der Waals surface area contributed by atoms with Gasteiger partial charge in [-0.3, -0.25) is 4.79 Å². The van der Waals surface area contributed by atoms with Crippen molar-refractivity contribution in [1.29, 1.82) is 0 Å². The second kappa shape index (κ2) is 7.63. The van der Waals surface area contributed by atoms with Crippen LogP contribution in [0, 0.1) is 29.1 Å². The number of anilines is 1. The third-order valence-electron chi connectivity index (χ3n) is 9.03. The number of carbonyl (C=O) groups is 1. The van der Waals surface area contributed by atoms with E-state index in [0.29, 0.717) is 18.3 Å². The summed E-state index contributed by atoms with van der Waals surface area (Å²) in [5.74, 6) is 7.76. The highest BCUT2D eigenvalue weighted by Crippen LogP contribution is 2.66. The SMILES string of the molecule is CC#C[C@@]1(O)CC[C@@H]2[C@H]3CCC4=CC(=O)CCC4=C3[C@H](c3ccc(N(C)C)cc3)C[C@]21C. The summed E-state index contributed by atoms with van der Waals surface area (Å²) in [4.78, 5) is 14.3. The Balaban J connectivity index is 1.67. The Morgan fingerprint density at radius 1 is 1.09 bits per heavy atom. The van der Waals surface area contributed by atoms with Crippen LogP contribution in [0.25, 0.3) is 0 Å². The summed E-state index contributed by atoms with van der Waals surface area (Å²) in [6.07, 6.45) is 8.23. The second-order valence-electron chi connectivity index (χ2n) is 10.8. The molecule has 168 valence electrons. The molecule has 0 aromatic heterocycles. The molecule has 0 spiro atoms. The van der Waals surface area contributed by atoms with Gasteiger partial charge in [-0.05, 0) is 92.2 Å². The minimum Gasteiger partial charge on any atom is -0.378 e. The van der Waals surface area contributed by atoms with Crippen molar-refractivity contribution >= 4 is 11.5 Å². The number of nitrogens with zero attached hydrogens (tertiary/aromatic N) is 1. The number of rotatable bonds is 2. The van der Waals surface area contributed by atoms with E-state index in [-0.39, 0.29) is 17.1 Å². The van der Waals surface area contributed by atoms with E-state index in [4.69, 9.17) is 0 Å². The van der Waals surface area contributed by atoms with Crippen molar-refractivity contribution in [1.82, 2.24) is 0 Å². The average molecular weight is 430 g/mol. The molecule has 2 fully saturated rings. The van der Waals surface area contributed by atoms with Crippen LogP contribution in [0.5, 0.6) is 0 Å². The first-order chi connectivity index (χ1) is 15.3. The molecule has 4 aliphatic carbocycles. The molecule has 5 rings (SSSR count). The van der Waals surface area contributed by atoms with Crippen molar-refractivity contribution in [2.45, 2.75) is 70.3 Å². The van der Waals surface area contributed by atoms with Gasteiger partial charge in [-0.2, -0.15) is 0 Å². The van der Waals surface area contributed by atoms with Crippen LogP contribution in [-0.4, -0.2) is 30.6 Å². The number of fused-ring (bicyclic) bond motifs is 4. The van der Waals surface area contributed by atoms with Gasteiger partial charge < -0.3 is 10.0 Å². The van der Waals surface area contributed by atoms with Gasteiger partial charge in [-0.25, -0.2) is 0 Å². The number of ketones is 1. The predicted molar refractivity (Wildman–Crippen MR) is 129 cm³/mol. The lowest BCUT2D eigenvalue weighted by molar-refractivity contribution is -0.114. The Morgan fingerprint density at radius 3 is 2.53 bits per heavy atom. The molecular weight excluding hydrogens is 394 g/mol. The Bertz CT molecular complexity index is 1070. The molecule has 1 N–H and O–H groups in total. The number of aliphatic hydroxyl groups is 1. The molecule has 1 aromatic rings. The maximum Gasteiger partial charge on any atom is 0.156 e. The van der Waals surface area contributed by atoms with E-state index in [0.717, 1.165) is 38.5 Å². The molecule has 0 aliphatic heterocycles. The summed E-state index contributed by atoms with van der Waals surface area (Å²) in [6, 6.07) is 8.97. The third kappa shape index (κ3) is 3.11. The van der Waals surface area contributed by atoms with Gasteiger partial charge in [0.2, 0.25) is 0 Å². The molecule has 0 radical (unpaired) electrons. The van der Waals surface area contributed by atoms with Crippen LogP contribution in [0.3, 0.4) is 0 Å². The van der Waals surface area contributed by atoms with E-state index in [9.17, 15) is 9.90 Å². The van der Waals surface area contributed by atoms with Crippen molar-refractivity contribution in [3.05, 3.63) is 52.6 Å². The number of hydrogen-bond donors (Lipinski definition) is 1. The summed E-state index contributed by atoms with van der Waals surface area (Å²) in [7, 11) is 4.14. The van der Waals surface area contributed by atoms with E-state index in [1.807, 2.05) is 13.0 Å². The van der Waals surface area contributed by atoms with E-state index in [1.54, 1.807) is 5.57 Å². The van der Waals surface area contributed by atoms with Crippen LogP contribution in [0.2, 0.25) is 0 Å². The minimum absolute atomic E-state index is 0.221. The molecule has 32 heavy (non-hydrogen) atoms. The zero-order valence-electron chi connectivity index (χ0n) is 19.9. The lowest BCUT2D eigenvalue weighted by Crippen LogP contribution is -2.51. The van der Waals surface area contributed by atoms with Crippen LogP contribution in [0.4, 0.5) is 5.69 Å². The molecule has 3 heteroatoms. The van der Waals surface area contributed by atoms with Crippen LogP contribution in [0.1, 0.15) is 70.3 Å². The quantitative estimate of drug-likeness (QED) is 0.640. The first-order valence-electron chi connectivity index (χ1n) is 12.2. The Morgan fingerprint density at radius 2 is 1.84 bits per heavy atom. The summed E-state index contributed by atoms with van der Waals surface area (Å²) < 4.78 is 0. The Labute approximate surface area is 192 Å². The van der Waals surface area contributed by atoms with Gasteiger partial charge in [0.1, 0.15) is 5.60 Å². The lowest BCUT2D eigenvalue weighted by Gasteiger charge is -2.53. The lowest BCUT2D eigenvalue weighted by atomic mass is 9.51. The summed E-state index contributed by atoms with van der Waals surface area (Å²) in [5.41, 5.74) is 5.71. The fourth-order valence-electron chi connectivity index (χ4n) is 7.38. The number of benzene rings is 1. The molecule has 0 bridgehead atoms. The molecule has 0 saturated heterocycles. The molecule has 3 nitrogen and oxygen atoms in total. The fraction of sp³-hybridized carbons (Fsp3) is 0.552. The van der Waals surface area contributed by atoms with E-state index in [2.05, 4.69) is 62.0 Å². The van der Waals surface area contributed by atoms with Gasteiger partial charge in [0, 0.05) is 37.5 Å². The number of hydrogen-bond acceptors (Lipinski definition) is 3. The van der Waals surface area contributed by atoms with Crippen molar-refractivity contribution < 1.29 is 9.90 Å². The fourth-order valence-corrected chi connectivity index (χ4v) is 7.38. The summed E-state index contributed by atoms with van der Waals surface area (Å²) in [6.45, 7) is 4.15. The van der Waals surface area contributed by atoms with E-state index in [1.165, 1.54) is 22.4 Å². The van der Waals surface area contributed by atoms with Crippen molar-refractivity contribution in [3.63, 3.8) is 0 Å². The molecule has 0 unspecified atom stereocenters. The molecule has 2 saturated carbocycles. The van der Waals surface area contributed by atoms with Gasteiger partial charge >= 0.3 is 0 Å². The number of carbonyl (C=O) groups excluding carboxylic acids is 1. The maximum absolute atomic E-state index is 12.2. The highest BCUT2D eigenvalue weighted by molar-refractivity contribution is 5.93. The topological polar surface area (TPSA) is 40.5 Å². The minimum atomic E-state index is -0.914. The molecular formula is C29H35NO2. The Hall–Kier alpha value is -2.31. The van der Waals surface area contributed by atoms with E-state index >= 15 is 0 Å². The highest BCUT2D eigenvalue weighted by Gasteiger charge is 2.62. The summed E-state index contributed by atoms with van der Waals surface area (Å²) in [5, 5.41) is 11.7. The van der Waals surface area contributed by atoms with E-state index < -0.39 is 5.60 Å². The van der Waals surface area contributed by atoms with Crippen molar-refractivity contribution in [3.8, 4) is 11.8 Å². The molecule has 0 amide bonds. The molecule has 5 atom stereocenters. The first kappa shape index (κ1) is 21.5. The zero-order valence-corrected chi connectivity index (χ0v) is 19.9. The largest absolute Gasteiger partial charge is 0.378 e. The number of allylic oxidation sites excluding steroid dienone is 4. The van der Waals surface area contributed by atoms with Crippen molar-refractivity contribution in [2.75, 3.05) is 19.0 Å². The van der Waals surface area contributed by atoms with Gasteiger partial charge in [0.05, 0.1) is 0 Å². The second-order valence-corrected chi connectivity index (χ2v) is 10.8. The van der Waals surface area contributed by atoms with Gasteiger partial charge in [0.25, 0.3) is 0 Å². The van der Waals surface area contributed by atoms with Crippen molar-refractivity contribution in [2.24, 2.45) is 17.3 Å². The normalized spacial score (nSPS) is 35.8. The van der Waals surface area contributed by atoms with Crippen LogP contribution < -0.4 is 4.90 Å². The molecule has 4 aliphatic rings. The third-order valence-corrected chi connectivity index (χ3v) is 9.03. The Kier molecular flexibility index (Phi) is 5.13. The summed E-state index contributed by atoms with van der Waals surface area (Å²) >= 11 is 0. The highest BCUT2D eigenvalue weighted by atomic mass is 16.3. The maximum atomic E-state index is 12.2. The van der Waals surface area contributed by atoms with Crippen LogP contribution in [-0.2, 0) is 4.79 Å². The van der Waals surface area contributed by atoms with Crippen LogP contribution in [0.15, 0.2) is 47.1 Å². The monoisotopic (exact) mass is 429 g/mol. The molecule has 1 aromatic carbocycles. The van der Waals surface area contributed by atoms with Gasteiger partial charge in [0.15, 0.2) is 5.78 Å². The average Bonchev–Trinajstić information content (AvgIpc) is 3.03. The van der Waals surface area contributed by atoms with Crippen LogP contribution >= 0.6 is 0 Å². The predicted octanol–water partition coefficient (Wildman–Crippen LogP) is 5.41.